The molecule has 0 radical (unpaired) electrons. The fourth-order valence-electron chi connectivity index (χ4n) is 1.84. The van der Waals surface area contributed by atoms with E-state index in [9.17, 15) is 0 Å². The van der Waals surface area contributed by atoms with Gasteiger partial charge >= 0.3 is 0 Å². The van der Waals surface area contributed by atoms with Gasteiger partial charge in [0.05, 0.1) is 0 Å². The van der Waals surface area contributed by atoms with Crippen LogP contribution in [0.5, 0.6) is 0 Å². The van der Waals surface area contributed by atoms with Gasteiger partial charge in [-0.05, 0) is 26.7 Å². The zero-order chi connectivity index (χ0) is 15.1. The van der Waals surface area contributed by atoms with Crippen LogP contribution in [0.4, 0.5) is 17.8 Å². The van der Waals surface area contributed by atoms with Gasteiger partial charge in [0.25, 0.3) is 0 Å². The Labute approximate surface area is 121 Å². The van der Waals surface area contributed by atoms with E-state index in [1.54, 1.807) is 0 Å². The first-order valence-electron chi connectivity index (χ1n) is 7.29. The molecule has 7 nitrogen and oxygen atoms in total. The maximum absolute atomic E-state index is 5.44. The summed E-state index contributed by atoms with van der Waals surface area (Å²) in [7, 11) is 0. The number of rotatable bonds is 8. The molecule has 4 N–H and O–H groups in total. The van der Waals surface area contributed by atoms with Crippen molar-refractivity contribution in [1.29, 1.82) is 0 Å². The van der Waals surface area contributed by atoms with Crippen LogP contribution >= 0.6 is 0 Å². The monoisotopic (exact) mass is 281 g/mol. The Morgan fingerprint density at radius 3 is 2.15 bits per heavy atom. The Bertz CT molecular complexity index is 406. The first kappa shape index (κ1) is 16.4. The first-order chi connectivity index (χ1) is 9.55. The zero-order valence-electron chi connectivity index (χ0n) is 13.1. The number of hydrogen-bond acceptors (Lipinski definition) is 7. The molecular formula is C13H27N7. The number of nitrogens with two attached hydrogens (primary N) is 1. The molecule has 0 amide bonds. The van der Waals surface area contributed by atoms with Gasteiger partial charge in [0.2, 0.25) is 17.8 Å². The van der Waals surface area contributed by atoms with E-state index in [1.807, 2.05) is 0 Å². The van der Waals surface area contributed by atoms with Gasteiger partial charge in [-0.2, -0.15) is 15.0 Å². The molecule has 0 aliphatic rings. The van der Waals surface area contributed by atoms with Gasteiger partial charge in [-0.1, -0.05) is 20.3 Å². The van der Waals surface area contributed by atoms with Crippen LogP contribution in [0.15, 0.2) is 0 Å². The molecule has 0 saturated carbocycles. The van der Waals surface area contributed by atoms with Crippen LogP contribution in [0.2, 0.25) is 0 Å². The molecule has 0 bridgehead atoms. The van der Waals surface area contributed by atoms with E-state index in [2.05, 4.69) is 65.2 Å². The molecule has 0 aromatic carbocycles. The van der Waals surface area contributed by atoms with Gasteiger partial charge < -0.3 is 10.2 Å². The third kappa shape index (κ3) is 4.19. The van der Waals surface area contributed by atoms with Gasteiger partial charge in [-0.3, -0.25) is 5.43 Å². The summed E-state index contributed by atoms with van der Waals surface area (Å²) in [4.78, 5) is 15.1. The molecule has 0 saturated heterocycles. The zero-order valence-corrected chi connectivity index (χ0v) is 13.1. The predicted octanol–water partition coefficient (Wildman–Crippen LogP) is 1.85. The van der Waals surface area contributed by atoms with Crippen molar-refractivity contribution in [3.05, 3.63) is 0 Å². The van der Waals surface area contributed by atoms with Crippen molar-refractivity contribution in [2.45, 2.75) is 47.1 Å². The number of nitrogens with zero attached hydrogens (tertiary/aromatic N) is 4. The van der Waals surface area contributed by atoms with Crippen LogP contribution in [-0.2, 0) is 0 Å². The second kappa shape index (κ2) is 7.84. The fourth-order valence-corrected chi connectivity index (χ4v) is 1.84. The number of hydrazine groups is 1. The lowest BCUT2D eigenvalue weighted by molar-refractivity contribution is 0.492. The van der Waals surface area contributed by atoms with Crippen molar-refractivity contribution >= 4 is 17.8 Å². The highest BCUT2D eigenvalue weighted by Crippen LogP contribution is 2.16. The van der Waals surface area contributed by atoms with Gasteiger partial charge in [0.15, 0.2) is 0 Å². The minimum Gasteiger partial charge on any atom is -0.351 e. The molecule has 1 aromatic rings. The smallest absolute Gasteiger partial charge is 0.243 e. The minimum absolute atomic E-state index is 0.289. The Morgan fingerprint density at radius 1 is 1.05 bits per heavy atom. The molecule has 2 atom stereocenters. The van der Waals surface area contributed by atoms with Crippen molar-refractivity contribution in [1.82, 2.24) is 15.0 Å². The lowest BCUT2D eigenvalue weighted by Crippen LogP contribution is -2.28. The highest BCUT2D eigenvalue weighted by molar-refractivity contribution is 5.43. The van der Waals surface area contributed by atoms with Crippen LogP contribution in [-0.4, -0.2) is 34.1 Å². The predicted molar refractivity (Wildman–Crippen MR) is 83.7 cm³/mol. The number of aromatic nitrogens is 3. The number of anilines is 3. The second-order valence-corrected chi connectivity index (χ2v) is 4.92. The van der Waals surface area contributed by atoms with Crippen LogP contribution in [0.3, 0.4) is 0 Å². The van der Waals surface area contributed by atoms with Gasteiger partial charge in [-0.25, -0.2) is 5.84 Å². The topological polar surface area (TPSA) is 92.0 Å². The molecule has 7 heteroatoms. The molecule has 2 unspecified atom stereocenters. The quantitative estimate of drug-likeness (QED) is 0.494. The third-order valence-corrected chi connectivity index (χ3v) is 3.65. The van der Waals surface area contributed by atoms with E-state index in [0.29, 0.717) is 23.8 Å². The standard InChI is InChI=1S/C13H27N7/c1-6-9(4)10(5)15-11-16-12(19-14)18-13(17-11)20(7-2)8-3/h9-10H,6-8,14H2,1-5H3,(H2,15,16,17,18,19). The van der Waals surface area contributed by atoms with Crippen LogP contribution in [0.25, 0.3) is 0 Å². The fraction of sp³-hybridized carbons (Fsp3) is 0.769. The molecule has 0 fully saturated rings. The second-order valence-electron chi connectivity index (χ2n) is 4.92. The normalized spacial score (nSPS) is 13.7. The van der Waals surface area contributed by atoms with Crippen LogP contribution in [0, 0.1) is 5.92 Å². The van der Waals surface area contributed by atoms with E-state index in [1.165, 1.54) is 0 Å². The minimum atomic E-state index is 0.289. The highest BCUT2D eigenvalue weighted by Gasteiger charge is 2.15. The largest absolute Gasteiger partial charge is 0.351 e. The van der Waals surface area contributed by atoms with Crippen molar-refractivity contribution in [2.75, 3.05) is 28.7 Å². The molecule has 0 aliphatic heterocycles. The summed E-state index contributed by atoms with van der Waals surface area (Å²) in [5.41, 5.74) is 2.50. The lowest BCUT2D eigenvalue weighted by atomic mass is 10.0. The maximum atomic E-state index is 5.44. The summed E-state index contributed by atoms with van der Waals surface area (Å²) in [6.45, 7) is 12.3. The SMILES string of the molecule is CCC(C)C(C)Nc1nc(NN)nc(N(CC)CC)n1. The van der Waals surface area contributed by atoms with Crippen LogP contribution < -0.4 is 21.5 Å². The third-order valence-electron chi connectivity index (χ3n) is 3.65. The summed E-state index contributed by atoms with van der Waals surface area (Å²) in [5.74, 6) is 7.55. The Morgan fingerprint density at radius 2 is 1.65 bits per heavy atom. The molecule has 114 valence electrons. The average Bonchev–Trinajstić information content (AvgIpc) is 2.47. The highest BCUT2D eigenvalue weighted by atomic mass is 15.4. The van der Waals surface area contributed by atoms with E-state index in [-0.39, 0.29) is 6.04 Å². The average molecular weight is 281 g/mol. The van der Waals surface area contributed by atoms with Crippen molar-refractivity contribution in [3.63, 3.8) is 0 Å². The molecule has 0 spiro atoms. The molecule has 20 heavy (non-hydrogen) atoms. The van der Waals surface area contributed by atoms with E-state index in [4.69, 9.17) is 5.84 Å². The molecule has 0 aliphatic carbocycles. The lowest BCUT2D eigenvalue weighted by Gasteiger charge is -2.22. The van der Waals surface area contributed by atoms with Gasteiger partial charge in [0.1, 0.15) is 0 Å². The van der Waals surface area contributed by atoms with E-state index in [0.717, 1.165) is 19.5 Å². The maximum Gasteiger partial charge on any atom is 0.243 e. The van der Waals surface area contributed by atoms with Crippen molar-refractivity contribution in [2.24, 2.45) is 11.8 Å². The molecular weight excluding hydrogens is 254 g/mol. The number of hydrogen-bond donors (Lipinski definition) is 3. The van der Waals surface area contributed by atoms with Crippen molar-refractivity contribution < 1.29 is 0 Å². The Balaban J connectivity index is 2.98. The van der Waals surface area contributed by atoms with E-state index >= 15 is 0 Å². The molecule has 1 rings (SSSR count). The van der Waals surface area contributed by atoms with E-state index < -0.39 is 0 Å². The van der Waals surface area contributed by atoms with Crippen molar-refractivity contribution in [3.8, 4) is 0 Å². The molecule has 1 aromatic heterocycles. The van der Waals surface area contributed by atoms with Gasteiger partial charge in [-0.15, -0.1) is 0 Å². The summed E-state index contributed by atoms with van der Waals surface area (Å²) in [6, 6.07) is 0.289. The molecule has 1 heterocycles. The number of nitrogens with one attached hydrogen (secondary N) is 2. The van der Waals surface area contributed by atoms with Crippen LogP contribution in [0.1, 0.15) is 41.0 Å². The Hall–Kier alpha value is -1.63. The number of nitrogen functional groups attached to an aromatic ring is 1. The van der Waals surface area contributed by atoms with Gasteiger partial charge in [0, 0.05) is 19.1 Å². The summed E-state index contributed by atoms with van der Waals surface area (Å²) in [5, 5.41) is 3.33. The summed E-state index contributed by atoms with van der Waals surface area (Å²) in [6.07, 6.45) is 1.10. The summed E-state index contributed by atoms with van der Waals surface area (Å²) < 4.78 is 0. The summed E-state index contributed by atoms with van der Waals surface area (Å²) >= 11 is 0. The Kier molecular flexibility index (Phi) is 6.44. The first-order valence-corrected chi connectivity index (χ1v) is 7.29.